The van der Waals surface area contributed by atoms with Crippen LogP contribution in [0.2, 0.25) is 0 Å². The van der Waals surface area contributed by atoms with Gasteiger partial charge in [-0.1, -0.05) is 0 Å². The van der Waals surface area contributed by atoms with Gasteiger partial charge in [-0.05, 0) is 12.1 Å². The predicted octanol–water partition coefficient (Wildman–Crippen LogP) is 1.91. The van der Waals surface area contributed by atoms with Gasteiger partial charge in [0.1, 0.15) is 0 Å². The Morgan fingerprint density at radius 1 is 0.939 bits per heavy atom. The molecule has 19 heteroatoms. The molecule has 0 radical (unpaired) electrons. The van der Waals surface area contributed by atoms with Gasteiger partial charge in [0.15, 0.2) is 0 Å². The summed E-state index contributed by atoms with van der Waals surface area (Å²) in [6, 6.07) is 5.98. The number of nitro benzene ring substituents is 2. The number of nitriles is 1. The molecule has 0 aromatic heterocycles. The summed E-state index contributed by atoms with van der Waals surface area (Å²) >= 11 is 0. The standard InChI is InChI=1S/C6H3ClFNO4S.C6H5FN2O4S.C2H3N.H3N.H2O/c7-14(12,13)4-1-2-6(9(10)11)5(8)3-4;7-5-3-4(14(8,12)13)1-2-6(5)9(10)11;1-2-3;;/h1-3H;1-3H,(H2,8,12,13);1H3;1H3;1H2. The van der Waals surface area contributed by atoms with E-state index in [1.165, 1.54) is 6.92 Å². The number of benzene rings is 2. The van der Waals surface area contributed by atoms with Gasteiger partial charge in [0, 0.05) is 41.9 Å². The van der Waals surface area contributed by atoms with Crippen LogP contribution in [0.25, 0.3) is 0 Å². The van der Waals surface area contributed by atoms with E-state index in [1.54, 1.807) is 6.07 Å². The summed E-state index contributed by atoms with van der Waals surface area (Å²) in [7, 11) is -3.19. The molecule has 0 aliphatic carbocycles. The third-order valence-corrected chi connectivity index (χ3v) is 5.10. The number of rotatable bonds is 4. The summed E-state index contributed by atoms with van der Waals surface area (Å²) < 4.78 is 68.5. The molecule has 0 aliphatic rings. The fourth-order valence-electron chi connectivity index (χ4n) is 1.60. The van der Waals surface area contributed by atoms with E-state index >= 15 is 0 Å². The molecule has 2 aromatic carbocycles. The minimum absolute atomic E-state index is 0. The van der Waals surface area contributed by atoms with Crippen molar-refractivity contribution in [2.75, 3.05) is 0 Å². The first-order valence-electron chi connectivity index (χ1n) is 7.22. The average Bonchev–Trinajstić information content (AvgIpc) is 2.60. The highest BCUT2D eigenvalue weighted by molar-refractivity contribution is 8.13. The van der Waals surface area contributed by atoms with Crippen molar-refractivity contribution in [3.8, 4) is 6.07 Å². The second-order valence-electron chi connectivity index (χ2n) is 4.95. The van der Waals surface area contributed by atoms with Crippen LogP contribution in [-0.2, 0) is 19.1 Å². The summed E-state index contributed by atoms with van der Waals surface area (Å²) in [6.07, 6.45) is 0. The molecule has 2 rings (SSSR count). The van der Waals surface area contributed by atoms with Gasteiger partial charge in [0.05, 0.1) is 25.7 Å². The summed E-state index contributed by atoms with van der Waals surface area (Å²) in [6.45, 7) is 1.43. The van der Waals surface area contributed by atoms with Crippen LogP contribution in [0.15, 0.2) is 46.2 Å². The van der Waals surface area contributed by atoms with Crippen molar-refractivity contribution in [1.82, 2.24) is 6.15 Å². The van der Waals surface area contributed by atoms with Crippen molar-refractivity contribution in [1.29, 1.82) is 5.26 Å². The third-order valence-electron chi connectivity index (χ3n) is 2.84. The zero-order valence-corrected chi connectivity index (χ0v) is 18.7. The first kappa shape index (κ1) is 34.3. The zero-order valence-electron chi connectivity index (χ0n) is 16.3. The smallest absolute Gasteiger partial charge is 0.304 e. The molecule has 184 valence electrons. The normalized spacial score (nSPS) is 9.82. The fraction of sp³-hybridized carbons (Fsp3) is 0.0714. The summed E-state index contributed by atoms with van der Waals surface area (Å²) in [5, 5.41) is 32.3. The van der Waals surface area contributed by atoms with Crippen molar-refractivity contribution >= 4 is 41.1 Å². The first-order valence-corrected chi connectivity index (χ1v) is 11.1. The Labute approximate surface area is 189 Å². The van der Waals surface area contributed by atoms with E-state index in [-0.39, 0.29) is 11.6 Å². The van der Waals surface area contributed by atoms with E-state index in [0.29, 0.717) is 12.1 Å². The van der Waals surface area contributed by atoms with Crippen molar-refractivity contribution in [2.24, 2.45) is 5.14 Å². The number of hydrogen-bond acceptors (Lipinski definition) is 10. The van der Waals surface area contributed by atoms with Gasteiger partial charge in [0.25, 0.3) is 9.05 Å². The second-order valence-corrected chi connectivity index (χ2v) is 9.07. The van der Waals surface area contributed by atoms with Gasteiger partial charge in [-0.3, -0.25) is 20.2 Å². The Morgan fingerprint density at radius 2 is 1.24 bits per heavy atom. The summed E-state index contributed by atoms with van der Waals surface area (Å²) in [5.41, 5.74) is -1.59. The number of primary sulfonamides is 1. The lowest BCUT2D eigenvalue weighted by Gasteiger charge is -1.98. The number of nitrogens with zero attached hydrogens (tertiary/aromatic N) is 3. The third kappa shape index (κ3) is 11.2. The Kier molecular flexibility index (Phi) is 14.5. The van der Waals surface area contributed by atoms with E-state index in [0.717, 1.165) is 24.3 Å². The van der Waals surface area contributed by atoms with E-state index in [2.05, 4.69) is 5.14 Å². The van der Waals surface area contributed by atoms with Crippen LogP contribution in [-0.4, -0.2) is 32.2 Å². The van der Waals surface area contributed by atoms with Crippen LogP contribution in [0.1, 0.15) is 6.92 Å². The maximum atomic E-state index is 12.9. The fourth-order valence-corrected chi connectivity index (χ4v) is 2.89. The van der Waals surface area contributed by atoms with E-state index in [4.69, 9.17) is 15.9 Å². The van der Waals surface area contributed by atoms with E-state index in [1.807, 2.05) is 0 Å². The summed E-state index contributed by atoms with van der Waals surface area (Å²) in [5.74, 6) is -2.47. The molecule has 0 spiro atoms. The topological polar surface area (TPSA) is 271 Å². The molecule has 33 heavy (non-hydrogen) atoms. The Balaban J connectivity index is -0.000000462. The number of sulfonamides is 1. The van der Waals surface area contributed by atoms with Crippen LogP contribution in [0, 0.1) is 43.2 Å². The van der Waals surface area contributed by atoms with Crippen LogP contribution in [0.4, 0.5) is 20.2 Å². The molecule has 0 unspecified atom stereocenters. The van der Waals surface area contributed by atoms with Gasteiger partial charge in [-0.2, -0.15) is 14.0 Å². The highest BCUT2D eigenvalue weighted by Crippen LogP contribution is 2.22. The highest BCUT2D eigenvalue weighted by Gasteiger charge is 2.19. The molecular weight excluding hydrogens is 520 g/mol. The minimum Gasteiger partial charge on any atom is -0.412 e. The van der Waals surface area contributed by atoms with Crippen molar-refractivity contribution in [3.63, 3.8) is 0 Å². The van der Waals surface area contributed by atoms with Crippen LogP contribution >= 0.6 is 10.7 Å². The second kappa shape index (κ2) is 13.9. The highest BCUT2D eigenvalue weighted by atomic mass is 35.7. The molecule has 0 heterocycles. The first-order chi connectivity index (χ1) is 14.1. The Hall–Kier alpha value is -3.34. The number of halogens is 3. The van der Waals surface area contributed by atoms with Gasteiger partial charge >= 0.3 is 11.4 Å². The van der Waals surface area contributed by atoms with Crippen LogP contribution in [0.5, 0.6) is 0 Å². The lowest BCUT2D eigenvalue weighted by atomic mass is 10.3. The largest absolute Gasteiger partial charge is 0.412 e. The quantitative estimate of drug-likeness (QED) is 0.325. The van der Waals surface area contributed by atoms with Gasteiger partial charge < -0.3 is 11.6 Å². The Bertz CT molecular complexity index is 1160. The zero-order chi connectivity index (χ0) is 24.6. The summed E-state index contributed by atoms with van der Waals surface area (Å²) in [4.78, 5) is 17.4. The molecule has 0 amide bonds. The number of nitrogens with two attached hydrogens (primary N) is 1. The monoisotopic (exact) mass is 535 g/mol. The molecule has 2 aromatic rings. The molecule has 0 saturated heterocycles. The van der Waals surface area contributed by atoms with Crippen molar-refractivity contribution < 1.29 is 40.9 Å². The lowest BCUT2D eigenvalue weighted by molar-refractivity contribution is -0.387. The average molecular weight is 536 g/mol. The molecule has 14 nitrogen and oxygen atoms in total. The Morgan fingerprint density at radius 3 is 1.48 bits per heavy atom. The van der Waals surface area contributed by atoms with E-state index in [9.17, 15) is 45.8 Å². The SMILES string of the molecule is CC#N.N.NS(=O)(=O)c1ccc([N+](=O)[O-])c(F)c1.O.O=[N+]([O-])c1ccc(S(=O)(=O)Cl)cc1F. The van der Waals surface area contributed by atoms with Crippen molar-refractivity contribution in [2.45, 2.75) is 16.7 Å². The van der Waals surface area contributed by atoms with Gasteiger partial charge in [0.2, 0.25) is 21.7 Å². The maximum Gasteiger partial charge on any atom is 0.304 e. The van der Waals surface area contributed by atoms with Crippen LogP contribution < -0.4 is 11.3 Å². The van der Waals surface area contributed by atoms with Gasteiger partial charge in [-0.15, -0.1) is 0 Å². The molecule has 0 atom stereocenters. The molecule has 0 bridgehead atoms. The number of nitro groups is 2. The van der Waals surface area contributed by atoms with Crippen LogP contribution in [0.3, 0.4) is 0 Å². The molecular formula is C14H16ClF2N5O9S2. The molecule has 7 N–H and O–H groups in total. The van der Waals surface area contributed by atoms with Gasteiger partial charge in [-0.25, -0.2) is 22.0 Å². The number of hydrogen-bond donors (Lipinski definition) is 2. The molecule has 0 saturated carbocycles. The van der Waals surface area contributed by atoms with Crippen molar-refractivity contribution in [3.05, 3.63) is 68.3 Å². The van der Waals surface area contributed by atoms with E-state index < -0.39 is 61.7 Å². The lowest BCUT2D eigenvalue weighted by Crippen LogP contribution is -2.12. The predicted molar refractivity (Wildman–Crippen MR) is 110 cm³/mol. The minimum atomic E-state index is -4.06. The molecule has 0 aliphatic heterocycles. The maximum absolute atomic E-state index is 12.9. The molecule has 0 fully saturated rings.